The maximum atomic E-state index is 11.8. The van der Waals surface area contributed by atoms with Gasteiger partial charge in [0, 0.05) is 51.4 Å². The van der Waals surface area contributed by atoms with Crippen LogP contribution in [0, 0.1) is 0 Å². The molecule has 3 aromatic rings. The first-order valence-electron chi connectivity index (χ1n) is 12.8. The summed E-state index contributed by atoms with van der Waals surface area (Å²) in [6, 6.07) is 6.98. The molecule has 1 atom stereocenters. The molecular weight excluding hydrogens is 440 g/mol. The molecule has 1 aliphatic heterocycles. The van der Waals surface area contributed by atoms with Crippen molar-refractivity contribution in [2.24, 2.45) is 0 Å². The molecule has 1 amide bonds. The number of aromatic nitrogens is 3. The number of anilines is 2. The van der Waals surface area contributed by atoms with Gasteiger partial charge in [0.15, 0.2) is 0 Å². The van der Waals surface area contributed by atoms with E-state index >= 15 is 0 Å². The molecule has 3 heterocycles. The van der Waals surface area contributed by atoms with E-state index in [0.717, 1.165) is 17.6 Å². The fraction of sp³-hybridized carbons (Fsp3) is 0.519. The zero-order valence-corrected chi connectivity index (χ0v) is 21.2. The summed E-state index contributed by atoms with van der Waals surface area (Å²) < 4.78 is 1.84. The van der Waals surface area contributed by atoms with Crippen molar-refractivity contribution < 1.29 is 9.90 Å². The number of fused-ring (bicyclic) bond motifs is 2. The summed E-state index contributed by atoms with van der Waals surface area (Å²) in [7, 11) is 0. The van der Waals surface area contributed by atoms with Gasteiger partial charge in [0.25, 0.3) is 0 Å². The van der Waals surface area contributed by atoms with Crippen molar-refractivity contribution in [3.05, 3.63) is 41.1 Å². The number of nitrogens with one attached hydrogen (secondary N) is 1. The fourth-order valence-electron chi connectivity index (χ4n) is 5.25. The molecule has 0 unspecified atom stereocenters. The third-order valence-electron chi connectivity index (χ3n) is 7.45. The lowest BCUT2D eigenvalue weighted by Crippen LogP contribution is -2.48. The van der Waals surface area contributed by atoms with Crippen LogP contribution in [0.15, 0.2) is 24.4 Å². The van der Waals surface area contributed by atoms with Gasteiger partial charge in [-0.05, 0) is 63.1 Å². The topological polar surface area (TPSA) is 86.5 Å². The molecule has 8 nitrogen and oxygen atoms in total. The second-order valence-electron chi connectivity index (χ2n) is 10.2. The molecule has 1 aromatic carbocycles. The van der Waals surface area contributed by atoms with E-state index in [9.17, 15) is 9.90 Å². The molecule has 186 valence electrons. The first kappa shape index (κ1) is 23.5. The number of hydrogen-bond acceptors (Lipinski definition) is 6. The second-order valence-corrected chi connectivity index (χ2v) is 10.2. The number of amides is 1. The number of rotatable bonds is 5. The van der Waals surface area contributed by atoms with Crippen molar-refractivity contribution in [2.75, 3.05) is 36.4 Å². The molecule has 0 bridgehead atoms. The third kappa shape index (κ3) is 4.54. The normalized spacial score (nSPS) is 17.1. The van der Waals surface area contributed by atoms with Gasteiger partial charge in [0.05, 0.1) is 5.39 Å². The van der Waals surface area contributed by atoms with E-state index in [0.29, 0.717) is 37.6 Å². The van der Waals surface area contributed by atoms with Gasteiger partial charge < -0.3 is 24.8 Å². The number of hydrogen-bond donors (Lipinski definition) is 2. The van der Waals surface area contributed by atoms with Crippen molar-refractivity contribution in [1.29, 1.82) is 0 Å². The molecule has 0 spiro atoms. The third-order valence-corrected chi connectivity index (χ3v) is 7.45. The van der Waals surface area contributed by atoms with E-state index in [2.05, 4.69) is 35.3 Å². The maximum Gasteiger partial charge on any atom is 0.228 e. The molecular formula is C27H36N6O2. The number of aromatic hydroxyl groups is 1. The lowest BCUT2D eigenvalue weighted by molar-refractivity contribution is -0.129. The molecule has 0 radical (unpaired) electrons. The Morgan fingerprint density at radius 1 is 1.03 bits per heavy atom. The Morgan fingerprint density at radius 2 is 1.74 bits per heavy atom. The Hall–Kier alpha value is -3.29. The number of aryl methyl sites for hydroxylation is 2. The van der Waals surface area contributed by atoms with Crippen LogP contribution in [0.25, 0.3) is 10.9 Å². The summed E-state index contributed by atoms with van der Waals surface area (Å²) in [6.07, 6.45) is 6.79. The van der Waals surface area contributed by atoms with Crippen LogP contribution in [-0.4, -0.2) is 56.6 Å². The predicted octanol–water partition coefficient (Wildman–Crippen LogP) is 4.44. The highest BCUT2D eigenvalue weighted by molar-refractivity contribution is 5.94. The van der Waals surface area contributed by atoms with E-state index in [-0.39, 0.29) is 23.9 Å². The number of carbonyl (C=O) groups is 1. The van der Waals surface area contributed by atoms with Crippen LogP contribution < -0.4 is 10.2 Å². The predicted molar refractivity (Wildman–Crippen MR) is 139 cm³/mol. The van der Waals surface area contributed by atoms with Crippen LogP contribution in [0.4, 0.5) is 11.8 Å². The van der Waals surface area contributed by atoms with Crippen LogP contribution in [-0.2, 0) is 17.6 Å². The van der Waals surface area contributed by atoms with E-state index in [1.165, 1.54) is 36.0 Å². The second kappa shape index (κ2) is 9.40. The molecule has 8 heteroatoms. The van der Waals surface area contributed by atoms with E-state index < -0.39 is 0 Å². The van der Waals surface area contributed by atoms with Gasteiger partial charge in [-0.25, -0.2) is 4.98 Å². The van der Waals surface area contributed by atoms with Crippen LogP contribution in [0.1, 0.15) is 69.3 Å². The van der Waals surface area contributed by atoms with Gasteiger partial charge in [-0.2, -0.15) is 4.98 Å². The van der Waals surface area contributed by atoms with Gasteiger partial charge in [-0.1, -0.05) is 18.2 Å². The standard InChI is InChI=1S/C27H36N6O2/c1-17(2)33-16-23-24(26(33)35)29-27(32-13-11-31(12-14-32)19(4)34)30-25(23)28-18(3)21-10-9-20-7-5-6-8-22(20)15-21/h9-10,15-18,35H,5-8,11-14H2,1-4H3,(H,28,29,30)/t18-/m1/s1. The molecule has 35 heavy (non-hydrogen) atoms. The Bertz CT molecular complexity index is 1240. The highest BCUT2D eigenvalue weighted by Gasteiger charge is 2.25. The summed E-state index contributed by atoms with van der Waals surface area (Å²) >= 11 is 0. The molecule has 2 aliphatic rings. The van der Waals surface area contributed by atoms with E-state index in [4.69, 9.17) is 9.97 Å². The summed E-state index contributed by atoms with van der Waals surface area (Å²) in [5.74, 6) is 1.55. The molecule has 5 rings (SSSR count). The largest absolute Gasteiger partial charge is 0.493 e. The first-order valence-corrected chi connectivity index (χ1v) is 12.8. The Morgan fingerprint density at radius 3 is 2.43 bits per heavy atom. The van der Waals surface area contributed by atoms with Gasteiger partial charge in [-0.3, -0.25) is 4.79 Å². The highest BCUT2D eigenvalue weighted by atomic mass is 16.3. The van der Waals surface area contributed by atoms with Crippen molar-refractivity contribution in [1.82, 2.24) is 19.4 Å². The minimum Gasteiger partial charge on any atom is -0.493 e. The number of benzene rings is 1. The molecule has 0 saturated carbocycles. The molecule has 1 fully saturated rings. The molecule has 1 aliphatic carbocycles. The quantitative estimate of drug-likeness (QED) is 0.566. The Labute approximate surface area is 207 Å². The summed E-state index contributed by atoms with van der Waals surface area (Å²) in [4.78, 5) is 25.4. The first-order chi connectivity index (χ1) is 16.8. The maximum absolute atomic E-state index is 11.8. The highest BCUT2D eigenvalue weighted by Crippen LogP contribution is 2.36. The average molecular weight is 477 g/mol. The number of nitrogens with zero attached hydrogens (tertiary/aromatic N) is 5. The Balaban J connectivity index is 1.49. The van der Waals surface area contributed by atoms with Crippen molar-refractivity contribution in [3.8, 4) is 5.88 Å². The van der Waals surface area contributed by atoms with E-state index in [1.807, 2.05) is 29.5 Å². The van der Waals surface area contributed by atoms with Crippen molar-refractivity contribution >= 4 is 28.6 Å². The zero-order valence-electron chi connectivity index (χ0n) is 21.2. The number of piperazine rings is 1. The number of carbonyl (C=O) groups excluding carboxylic acids is 1. The van der Waals surface area contributed by atoms with Gasteiger partial charge in [0.2, 0.25) is 17.7 Å². The average Bonchev–Trinajstić information content (AvgIpc) is 3.20. The van der Waals surface area contributed by atoms with Gasteiger partial charge >= 0.3 is 0 Å². The lowest BCUT2D eigenvalue weighted by Gasteiger charge is -2.34. The fourth-order valence-corrected chi connectivity index (χ4v) is 5.25. The SMILES string of the molecule is CC(=O)N1CCN(c2nc(N[C@H](C)c3ccc4c(c3)CCCC4)c3cn(C(C)C)c(O)c3n2)CC1. The minimum atomic E-state index is 0.0484. The van der Waals surface area contributed by atoms with E-state index in [1.54, 1.807) is 6.92 Å². The zero-order chi connectivity index (χ0) is 24.7. The van der Waals surface area contributed by atoms with Crippen LogP contribution in [0.2, 0.25) is 0 Å². The van der Waals surface area contributed by atoms with Crippen LogP contribution in [0.3, 0.4) is 0 Å². The summed E-state index contributed by atoms with van der Waals surface area (Å²) in [5, 5.41) is 15.4. The molecule has 2 N–H and O–H groups in total. The lowest BCUT2D eigenvalue weighted by atomic mass is 9.89. The summed E-state index contributed by atoms with van der Waals surface area (Å²) in [6.45, 7) is 10.5. The van der Waals surface area contributed by atoms with Crippen LogP contribution >= 0.6 is 0 Å². The monoisotopic (exact) mass is 476 g/mol. The summed E-state index contributed by atoms with van der Waals surface area (Å²) in [5.41, 5.74) is 4.73. The molecule has 1 saturated heterocycles. The van der Waals surface area contributed by atoms with Gasteiger partial charge in [-0.15, -0.1) is 0 Å². The van der Waals surface area contributed by atoms with Crippen molar-refractivity contribution in [3.63, 3.8) is 0 Å². The van der Waals surface area contributed by atoms with Crippen LogP contribution in [0.5, 0.6) is 5.88 Å². The minimum absolute atomic E-state index is 0.0484. The van der Waals surface area contributed by atoms with Gasteiger partial charge in [0.1, 0.15) is 11.3 Å². The smallest absolute Gasteiger partial charge is 0.228 e. The molecule has 2 aromatic heterocycles. The Kier molecular flexibility index (Phi) is 6.30. The van der Waals surface area contributed by atoms with Crippen molar-refractivity contribution in [2.45, 2.75) is 65.5 Å².